The zero-order chi connectivity index (χ0) is 12.4. The molecule has 1 N–H and O–H groups in total. The number of hydrogen-bond acceptors (Lipinski definition) is 3. The molecule has 0 radical (unpaired) electrons. The molecule has 1 aromatic carbocycles. The van der Waals surface area contributed by atoms with Crippen LogP contribution in [0.3, 0.4) is 0 Å². The SMILES string of the molecule is Fc1ccc(-c2cc(Nc3ccsc3)cs2)cc1. The van der Waals surface area contributed by atoms with Crippen LogP contribution in [0.4, 0.5) is 15.8 Å². The van der Waals surface area contributed by atoms with Gasteiger partial charge in [-0.2, -0.15) is 11.3 Å². The third-order valence-electron chi connectivity index (χ3n) is 2.54. The lowest BCUT2D eigenvalue weighted by Crippen LogP contribution is -1.83. The van der Waals surface area contributed by atoms with Crippen molar-refractivity contribution in [1.82, 2.24) is 0 Å². The van der Waals surface area contributed by atoms with E-state index >= 15 is 0 Å². The fraction of sp³-hybridized carbons (Fsp3) is 0. The van der Waals surface area contributed by atoms with Crippen molar-refractivity contribution >= 4 is 34.0 Å². The smallest absolute Gasteiger partial charge is 0.123 e. The first-order valence-corrected chi connectivity index (χ1v) is 7.27. The Kier molecular flexibility index (Phi) is 3.13. The minimum Gasteiger partial charge on any atom is -0.354 e. The van der Waals surface area contributed by atoms with Crippen LogP contribution in [-0.4, -0.2) is 0 Å². The van der Waals surface area contributed by atoms with E-state index in [0.717, 1.165) is 21.8 Å². The minimum atomic E-state index is -0.202. The predicted octanol–water partition coefficient (Wildman–Crippen LogP) is 5.36. The van der Waals surface area contributed by atoms with Crippen molar-refractivity contribution in [1.29, 1.82) is 0 Å². The normalized spacial score (nSPS) is 10.5. The molecule has 0 saturated carbocycles. The summed E-state index contributed by atoms with van der Waals surface area (Å²) < 4.78 is 12.9. The fourth-order valence-electron chi connectivity index (χ4n) is 1.67. The van der Waals surface area contributed by atoms with Crippen LogP contribution in [-0.2, 0) is 0 Å². The van der Waals surface area contributed by atoms with E-state index in [2.05, 4.69) is 22.1 Å². The first-order valence-electron chi connectivity index (χ1n) is 5.45. The number of hydrogen-bond donors (Lipinski definition) is 1. The zero-order valence-corrected chi connectivity index (χ0v) is 11.0. The van der Waals surface area contributed by atoms with Crippen molar-refractivity contribution in [3.63, 3.8) is 0 Å². The van der Waals surface area contributed by atoms with Crippen molar-refractivity contribution < 1.29 is 4.39 Å². The van der Waals surface area contributed by atoms with Gasteiger partial charge in [-0.15, -0.1) is 11.3 Å². The fourth-order valence-corrected chi connectivity index (χ4v) is 3.11. The Morgan fingerprint density at radius 1 is 0.944 bits per heavy atom. The Morgan fingerprint density at radius 2 is 1.78 bits per heavy atom. The molecule has 0 fully saturated rings. The molecule has 18 heavy (non-hydrogen) atoms. The van der Waals surface area contributed by atoms with E-state index in [1.807, 2.05) is 11.4 Å². The van der Waals surface area contributed by atoms with Gasteiger partial charge in [0.1, 0.15) is 5.82 Å². The van der Waals surface area contributed by atoms with Gasteiger partial charge in [-0.25, -0.2) is 4.39 Å². The molecule has 3 rings (SSSR count). The summed E-state index contributed by atoms with van der Waals surface area (Å²) in [5, 5.41) is 9.50. The summed E-state index contributed by atoms with van der Waals surface area (Å²) in [6.45, 7) is 0. The molecular formula is C14H10FNS2. The molecule has 1 nitrogen and oxygen atoms in total. The van der Waals surface area contributed by atoms with Gasteiger partial charge in [0.05, 0.1) is 0 Å². The Labute approximate surface area is 113 Å². The van der Waals surface area contributed by atoms with E-state index in [4.69, 9.17) is 0 Å². The standard InChI is InChI=1S/C14H10FNS2/c15-11-3-1-10(2-4-11)14-7-13(9-18-14)16-12-5-6-17-8-12/h1-9,16H. The van der Waals surface area contributed by atoms with E-state index in [1.54, 1.807) is 34.8 Å². The highest BCUT2D eigenvalue weighted by Gasteiger charge is 2.03. The number of thiophene rings is 2. The van der Waals surface area contributed by atoms with Crippen LogP contribution in [0.15, 0.2) is 52.5 Å². The Hall–Kier alpha value is -1.65. The third-order valence-corrected chi connectivity index (χ3v) is 4.20. The molecule has 0 bridgehead atoms. The van der Waals surface area contributed by atoms with E-state index in [1.165, 1.54) is 12.1 Å². The molecule has 0 unspecified atom stereocenters. The summed E-state index contributed by atoms with van der Waals surface area (Å²) in [6.07, 6.45) is 0. The van der Waals surface area contributed by atoms with Crippen molar-refractivity contribution in [2.24, 2.45) is 0 Å². The van der Waals surface area contributed by atoms with Gasteiger partial charge in [0.15, 0.2) is 0 Å². The van der Waals surface area contributed by atoms with Gasteiger partial charge < -0.3 is 5.32 Å². The van der Waals surface area contributed by atoms with Gasteiger partial charge in [0, 0.05) is 27.0 Å². The summed E-state index contributed by atoms with van der Waals surface area (Å²) in [5.41, 5.74) is 3.21. The Balaban J connectivity index is 1.83. The maximum absolute atomic E-state index is 12.9. The van der Waals surface area contributed by atoms with Gasteiger partial charge in [0.2, 0.25) is 0 Å². The van der Waals surface area contributed by atoms with Gasteiger partial charge >= 0.3 is 0 Å². The van der Waals surface area contributed by atoms with Gasteiger partial charge in [-0.1, -0.05) is 12.1 Å². The molecule has 4 heteroatoms. The molecule has 2 heterocycles. The van der Waals surface area contributed by atoms with Crippen LogP contribution in [0.5, 0.6) is 0 Å². The number of anilines is 2. The summed E-state index contributed by atoms with van der Waals surface area (Å²) in [5.74, 6) is -0.202. The van der Waals surface area contributed by atoms with Crippen LogP contribution < -0.4 is 5.32 Å². The van der Waals surface area contributed by atoms with E-state index in [-0.39, 0.29) is 5.82 Å². The summed E-state index contributed by atoms with van der Waals surface area (Å²) >= 11 is 3.31. The van der Waals surface area contributed by atoms with Crippen LogP contribution in [0.2, 0.25) is 0 Å². The minimum absolute atomic E-state index is 0.202. The summed E-state index contributed by atoms with van der Waals surface area (Å²) in [6, 6.07) is 10.7. The highest BCUT2D eigenvalue weighted by atomic mass is 32.1. The highest BCUT2D eigenvalue weighted by molar-refractivity contribution is 7.14. The third kappa shape index (κ3) is 2.44. The van der Waals surface area contributed by atoms with E-state index in [9.17, 15) is 4.39 Å². The molecule has 0 spiro atoms. The van der Waals surface area contributed by atoms with Gasteiger partial charge in [-0.05, 0) is 35.2 Å². The Bertz CT molecular complexity index is 626. The molecule has 0 amide bonds. The van der Waals surface area contributed by atoms with Crippen LogP contribution in [0.25, 0.3) is 10.4 Å². The molecule has 0 saturated heterocycles. The van der Waals surface area contributed by atoms with Crippen LogP contribution in [0.1, 0.15) is 0 Å². The maximum Gasteiger partial charge on any atom is 0.123 e. The van der Waals surface area contributed by atoms with Crippen molar-refractivity contribution in [3.8, 4) is 10.4 Å². The molecular weight excluding hydrogens is 265 g/mol. The lowest BCUT2D eigenvalue weighted by atomic mass is 10.2. The first-order chi connectivity index (χ1) is 8.81. The van der Waals surface area contributed by atoms with Crippen LogP contribution in [0, 0.1) is 5.82 Å². The Morgan fingerprint density at radius 3 is 2.50 bits per heavy atom. The molecule has 90 valence electrons. The van der Waals surface area contributed by atoms with Gasteiger partial charge in [-0.3, -0.25) is 0 Å². The second-order valence-corrected chi connectivity index (χ2v) is 5.53. The topological polar surface area (TPSA) is 12.0 Å². The second-order valence-electron chi connectivity index (χ2n) is 3.84. The van der Waals surface area contributed by atoms with Crippen molar-refractivity contribution in [2.75, 3.05) is 5.32 Å². The molecule has 3 aromatic rings. The number of nitrogens with one attached hydrogen (secondary N) is 1. The zero-order valence-electron chi connectivity index (χ0n) is 9.39. The average molecular weight is 275 g/mol. The number of halogens is 1. The number of benzene rings is 1. The van der Waals surface area contributed by atoms with Crippen molar-refractivity contribution in [3.05, 3.63) is 58.4 Å². The highest BCUT2D eigenvalue weighted by Crippen LogP contribution is 2.31. The van der Waals surface area contributed by atoms with E-state index in [0.29, 0.717) is 0 Å². The van der Waals surface area contributed by atoms with E-state index < -0.39 is 0 Å². The summed E-state index contributed by atoms with van der Waals surface area (Å²) in [7, 11) is 0. The van der Waals surface area contributed by atoms with Crippen molar-refractivity contribution in [2.45, 2.75) is 0 Å². The molecule has 0 aliphatic heterocycles. The lowest BCUT2D eigenvalue weighted by molar-refractivity contribution is 0.628. The largest absolute Gasteiger partial charge is 0.354 e. The second kappa shape index (κ2) is 4.92. The monoisotopic (exact) mass is 275 g/mol. The predicted molar refractivity (Wildman–Crippen MR) is 77.3 cm³/mol. The van der Waals surface area contributed by atoms with Gasteiger partial charge in [0.25, 0.3) is 0 Å². The molecule has 0 atom stereocenters. The lowest BCUT2D eigenvalue weighted by Gasteiger charge is -1.99. The molecule has 2 aromatic heterocycles. The molecule has 0 aliphatic carbocycles. The summed E-state index contributed by atoms with van der Waals surface area (Å²) in [4.78, 5) is 1.13. The quantitative estimate of drug-likeness (QED) is 0.678. The van der Waals surface area contributed by atoms with Crippen LogP contribution >= 0.6 is 22.7 Å². The molecule has 0 aliphatic rings. The average Bonchev–Trinajstić information content (AvgIpc) is 3.02. The first kappa shape index (κ1) is 11.4. The maximum atomic E-state index is 12.9. The number of rotatable bonds is 3.